The predicted octanol–water partition coefficient (Wildman–Crippen LogP) is 2.26. The first-order valence-electron chi connectivity index (χ1n) is 11.5. The second-order valence-electron chi connectivity index (χ2n) is 7.83. The monoisotopic (exact) mass is 574 g/mol. The van der Waals surface area contributed by atoms with Crippen LogP contribution in [0.2, 0.25) is 0 Å². The quantitative estimate of drug-likeness (QED) is 0.247. The molecule has 184 valence electrons. The van der Waals surface area contributed by atoms with E-state index in [-0.39, 0.29) is 31.4 Å². The number of hydrogen-bond donors (Lipinski definition) is 3. The van der Waals surface area contributed by atoms with Crippen molar-refractivity contribution in [1.29, 1.82) is 0 Å². The average Bonchev–Trinajstić information content (AvgIpc) is 2.80. The SMILES string of the molecule is CCCC(=O)N(CCCOCC)[C@@H]1CC(C(=O)NCCO)=C[C@H](Oc2ccccc2I)[C@H]1O. The Morgan fingerprint density at radius 1 is 1.27 bits per heavy atom. The van der Waals surface area contributed by atoms with Gasteiger partial charge in [-0.1, -0.05) is 19.1 Å². The second-order valence-corrected chi connectivity index (χ2v) is 9.00. The number of nitrogens with zero attached hydrogens (tertiary/aromatic N) is 1. The molecule has 1 aliphatic carbocycles. The van der Waals surface area contributed by atoms with E-state index in [9.17, 15) is 14.7 Å². The van der Waals surface area contributed by atoms with Gasteiger partial charge in [0.2, 0.25) is 11.8 Å². The van der Waals surface area contributed by atoms with Gasteiger partial charge in [0, 0.05) is 44.7 Å². The lowest BCUT2D eigenvalue weighted by Crippen LogP contribution is -2.55. The van der Waals surface area contributed by atoms with Crippen LogP contribution >= 0.6 is 22.6 Å². The molecular weight excluding hydrogens is 539 g/mol. The van der Waals surface area contributed by atoms with Gasteiger partial charge < -0.3 is 29.9 Å². The first kappa shape index (κ1) is 27.6. The van der Waals surface area contributed by atoms with Crippen molar-refractivity contribution in [3.05, 3.63) is 39.5 Å². The van der Waals surface area contributed by atoms with Gasteiger partial charge in [-0.15, -0.1) is 0 Å². The summed E-state index contributed by atoms with van der Waals surface area (Å²) >= 11 is 2.15. The van der Waals surface area contributed by atoms with Gasteiger partial charge in [0.1, 0.15) is 18.0 Å². The first-order chi connectivity index (χ1) is 15.9. The average molecular weight is 574 g/mol. The van der Waals surface area contributed by atoms with Crippen molar-refractivity contribution in [3.63, 3.8) is 0 Å². The third-order valence-electron chi connectivity index (χ3n) is 5.39. The number of hydrogen-bond acceptors (Lipinski definition) is 6. The molecule has 0 bridgehead atoms. The fourth-order valence-electron chi connectivity index (χ4n) is 3.78. The molecule has 0 spiro atoms. The maximum absolute atomic E-state index is 13.0. The van der Waals surface area contributed by atoms with Crippen LogP contribution in [0.25, 0.3) is 0 Å². The van der Waals surface area contributed by atoms with Crippen LogP contribution in [-0.2, 0) is 14.3 Å². The van der Waals surface area contributed by atoms with Crippen LogP contribution in [0.15, 0.2) is 35.9 Å². The van der Waals surface area contributed by atoms with Crippen molar-refractivity contribution in [2.75, 3.05) is 32.9 Å². The molecule has 1 aromatic rings. The van der Waals surface area contributed by atoms with Gasteiger partial charge in [0.05, 0.1) is 16.2 Å². The lowest BCUT2D eigenvalue weighted by molar-refractivity contribution is -0.139. The Morgan fingerprint density at radius 3 is 2.70 bits per heavy atom. The number of rotatable bonds is 13. The lowest BCUT2D eigenvalue weighted by atomic mass is 9.87. The summed E-state index contributed by atoms with van der Waals surface area (Å²) in [5.74, 6) is 0.189. The molecule has 8 nitrogen and oxygen atoms in total. The summed E-state index contributed by atoms with van der Waals surface area (Å²) in [5.41, 5.74) is 0.425. The van der Waals surface area contributed by atoms with Gasteiger partial charge >= 0.3 is 0 Å². The molecule has 0 unspecified atom stereocenters. The third-order valence-corrected chi connectivity index (χ3v) is 6.28. The molecule has 0 saturated heterocycles. The van der Waals surface area contributed by atoms with Crippen LogP contribution in [0.1, 0.15) is 39.5 Å². The molecule has 0 aliphatic heterocycles. The minimum Gasteiger partial charge on any atom is -0.482 e. The van der Waals surface area contributed by atoms with Crippen molar-refractivity contribution < 1.29 is 29.3 Å². The molecule has 9 heteroatoms. The number of halogens is 1. The second kappa shape index (κ2) is 14.5. The van der Waals surface area contributed by atoms with E-state index in [1.54, 1.807) is 17.0 Å². The van der Waals surface area contributed by atoms with Crippen LogP contribution in [0.3, 0.4) is 0 Å². The molecule has 3 atom stereocenters. The lowest BCUT2D eigenvalue weighted by Gasteiger charge is -2.40. The van der Waals surface area contributed by atoms with Gasteiger partial charge in [-0.05, 0) is 60.6 Å². The van der Waals surface area contributed by atoms with E-state index in [0.29, 0.717) is 50.3 Å². The van der Waals surface area contributed by atoms with Crippen molar-refractivity contribution >= 4 is 34.4 Å². The summed E-state index contributed by atoms with van der Waals surface area (Å²) < 4.78 is 12.4. The van der Waals surface area contributed by atoms with Crippen LogP contribution in [0.5, 0.6) is 5.75 Å². The number of benzene rings is 1. The van der Waals surface area contributed by atoms with Crippen molar-refractivity contribution in [1.82, 2.24) is 10.2 Å². The van der Waals surface area contributed by atoms with Crippen molar-refractivity contribution in [2.24, 2.45) is 0 Å². The van der Waals surface area contributed by atoms with Crippen LogP contribution in [0.4, 0.5) is 0 Å². The highest BCUT2D eigenvalue weighted by molar-refractivity contribution is 14.1. The Balaban J connectivity index is 2.33. The van der Waals surface area contributed by atoms with Gasteiger partial charge in [-0.2, -0.15) is 0 Å². The molecule has 0 radical (unpaired) electrons. The van der Waals surface area contributed by atoms with E-state index in [2.05, 4.69) is 27.9 Å². The molecule has 0 aromatic heterocycles. The summed E-state index contributed by atoms with van der Waals surface area (Å²) in [6.45, 7) is 5.33. The van der Waals surface area contributed by atoms with Gasteiger partial charge in [0.25, 0.3) is 0 Å². The van der Waals surface area contributed by atoms with Gasteiger partial charge in [-0.25, -0.2) is 0 Å². The van der Waals surface area contributed by atoms with Gasteiger partial charge in [0.15, 0.2) is 0 Å². The van der Waals surface area contributed by atoms with E-state index >= 15 is 0 Å². The Hall–Kier alpha value is -1.69. The minimum atomic E-state index is -1.01. The highest BCUT2D eigenvalue weighted by Crippen LogP contribution is 2.30. The fraction of sp³-hybridized carbons (Fsp3) is 0.583. The molecule has 0 heterocycles. The Morgan fingerprint density at radius 2 is 2.03 bits per heavy atom. The van der Waals surface area contributed by atoms with Crippen LogP contribution < -0.4 is 10.1 Å². The van der Waals surface area contributed by atoms with E-state index < -0.39 is 18.2 Å². The number of amides is 2. The number of para-hydroxylation sites is 1. The molecule has 3 N–H and O–H groups in total. The molecular formula is C24H35IN2O6. The smallest absolute Gasteiger partial charge is 0.247 e. The summed E-state index contributed by atoms with van der Waals surface area (Å²) in [6.07, 6.45) is 1.68. The standard InChI is InChI=1S/C24H35IN2O6/c1-3-8-22(29)27(12-7-14-32-4-2)19-15-17(24(31)26-11-13-28)16-21(23(19)30)33-20-10-6-5-9-18(20)25/h5-6,9-10,16,19,21,23,28,30H,3-4,7-8,11-15H2,1-2H3,(H,26,31)/t19-,21+,23+/m1/s1. The summed E-state index contributed by atoms with van der Waals surface area (Å²) in [5, 5.41) is 23.0. The Labute approximate surface area is 209 Å². The van der Waals surface area contributed by atoms with Gasteiger partial charge in [-0.3, -0.25) is 9.59 Å². The van der Waals surface area contributed by atoms with Crippen molar-refractivity contribution in [3.8, 4) is 5.75 Å². The van der Waals surface area contributed by atoms with E-state index in [1.165, 1.54) is 0 Å². The number of carbonyl (C=O) groups is 2. The summed E-state index contributed by atoms with van der Waals surface area (Å²) in [4.78, 5) is 27.4. The number of ether oxygens (including phenoxy) is 2. The summed E-state index contributed by atoms with van der Waals surface area (Å²) in [7, 11) is 0. The minimum absolute atomic E-state index is 0.0666. The predicted molar refractivity (Wildman–Crippen MR) is 134 cm³/mol. The van der Waals surface area contributed by atoms with E-state index in [1.807, 2.05) is 32.0 Å². The number of nitrogens with one attached hydrogen (secondary N) is 1. The Bertz CT molecular complexity index is 803. The van der Waals surface area contributed by atoms with Crippen LogP contribution in [-0.4, -0.2) is 78.1 Å². The highest BCUT2D eigenvalue weighted by Gasteiger charge is 2.40. The highest BCUT2D eigenvalue weighted by atomic mass is 127. The molecule has 1 aromatic carbocycles. The molecule has 2 amide bonds. The molecule has 33 heavy (non-hydrogen) atoms. The first-order valence-corrected chi connectivity index (χ1v) is 12.6. The van der Waals surface area contributed by atoms with E-state index in [4.69, 9.17) is 14.6 Å². The number of carbonyl (C=O) groups excluding carboxylic acids is 2. The number of aliphatic hydroxyl groups excluding tert-OH is 2. The van der Waals surface area contributed by atoms with E-state index in [0.717, 1.165) is 3.57 Å². The zero-order chi connectivity index (χ0) is 24.2. The zero-order valence-electron chi connectivity index (χ0n) is 19.3. The largest absolute Gasteiger partial charge is 0.482 e. The topological polar surface area (TPSA) is 108 Å². The fourth-order valence-corrected chi connectivity index (χ4v) is 4.30. The molecule has 2 rings (SSSR count). The molecule has 1 aliphatic rings. The maximum atomic E-state index is 13.0. The molecule has 0 fully saturated rings. The van der Waals surface area contributed by atoms with Crippen LogP contribution in [0, 0.1) is 3.57 Å². The molecule has 0 saturated carbocycles. The summed E-state index contributed by atoms with van der Waals surface area (Å²) in [6, 6.07) is 6.82. The van der Waals surface area contributed by atoms with Crippen molar-refractivity contribution in [2.45, 2.75) is 57.8 Å². The maximum Gasteiger partial charge on any atom is 0.247 e. The zero-order valence-corrected chi connectivity index (χ0v) is 21.5. The Kier molecular flexibility index (Phi) is 12.1. The number of aliphatic hydroxyl groups is 2. The normalized spacial score (nSPS) is 20.2. The third kappa shape index (κ3) is 8.24.